The largest absolute Gasteiger partial charge is 0.496 e. The third kappa shape index (κ3) is 8.10. The zero-order valence-electron chi connectivity index (χ0n) is 32.2. The topological polar surface area (TPSA) is 153 Å². The van der Waals surface area contributed by atoms with Gasteiger partial charge in [0.2, 0.25) is 0 Å². The highest BCUT2D eigenvalue weighted by Gasteiger charge is 2.26. The predicted octanol–water partition coefficient (Wildman–Crippen LogP) is 2.90. The van der Waals surface area contributed by atoms with Gasteiger partial charge in [0.05, 0.1) is 50.7 Å². The monoisotopic (exact) mass is 765 g/mol. The van der Waals surface area contributed by atoms with Gasteiger partial charge in [-0.3, -0.25) is 38.7 Å². The summed E-state index contributed by atoms with van der Waals surface area (Å²) in [5.74, 6) is 1.73. The fraction of sp³-hybridized carbons (Fsp3) is 0.390. The first-order valence-corrected chi connectivity index (χ1v) is 18.7. The van der Waals surface area contributed by atoms with Crippen LogP contribution in [-0.4, -0.2) is 120 Å². The molecule has 2 aliphatic rings. The van der Waals surface area contributed by atoms with Crippen molar-refractivity contribution in [2.45, 2.75) is 25.5 Å². The van der Waals surface area contributed by atoms with Crippen LogP contribution in [0.5, 0.6) is 17.2 Å². The molecule has 7 rings (SSSR count). The van der Waals surface area contributed by atoms with E-state index in [-0.39, 0.29) is 17.6 Å². The molecule has 0 spiro atoms. The Labute approximate surface area is 323 Å². The lowest BCUT2D eigenvalue weighted by atomic mass is 9.99. The highest BCUT2D eigenvalue weighted by molar-refractivity contribution is 5.96. The number of pyridine rings is 2. The van der Waals surface area contributed by atoms with Crippen LogP contribution in [0.15, 0.2) is 81.6 Å². The molecule has 15 heteroatoms. The normalized spacial score (nSPS) is 15.6. The van der Waals surface area contributed by atoms with Gasteiger partial charge < -0.3 is 28.4 Å². The van der Waals surface area contributed by atoms with Gasteiger partial charge in [-0.1, -0.05) is 0 Å². The van der Waals surface area contributed by atoms with Gasteiger partial charge in [-0.2, -0.15) is 0 Å². The van der Waals surface area contributed by atoms with Crippen molar-refractivity contribution in [2.75, 3.05) is 73.7 Å². The van der Waals surface area contributed by atoms with Crippen LogP contribution in [0, 0.1) is 0 Å². The molecule has 56 heavy (non-hydrogen) atoms. The zero-order valence-corrected chi connectivity index (χ0v) is 32.2. The molecule has 15 nitrogen and oxygen atoms in total. The van der Waals surface area contributed by atoms with Crippen molar-refractivity contribution in [1.29, 1.82) is 0 Å². The minimum absolute atomic E-state index is 0.0739. The molecule has 5 aromatic rings. The minimum Gasteiger partial charge on any atom is -0.496 e. The SMILES string of the molecule is COc1ccc(C(=O)N2CCC(OCCN3CCN(Cc4c(OC)cc(-c5cn(C)c(=O)c6cnccc56)cc4OC)CC3)CC2)cc1-n1ccc(=O)[nH]c1=O. The van der Waals surface area contributed by atoms with Gasteiger partial charge in [-0.05, 0) is 60.2 Å². The van der Waals surface area contributed by atoms with Crippen LogP contribution >= 0.6 is 0 Å². The molecular formula is C41H47N7O8. The number of hydrogen-bond acceptors (Lipinski definition) is 11. The Balaban J connectivity index is 0.896. The van der Waals surface area contributed by atoms with Crippen molar-refractivity contribution >= 4 is 16.7 Å². The second-order valence-corrected chi connectivity index (χ2v) is 14.1. The molecule has 0 bridgehead atoms. The van der Waals surface area contributed by atoms with E-state index in [2.05, 4.69) is 19.8 Å². The van der Waals surface area contributed by atoms with E-state index in [9.17, 15) is 19.2 Å². The number of rotatable bonds is 12. The van der Waals surface area contributed by atoms with Crippen molar-refractivity contribution in [3.05, 3.63) is 110 Å². The quantitative estimate of drug-likeness (QED) is 0.200. The number of H-pyrrole nitrogens is 1. The number of likely N-dealkylation sites (tertiary alicyclic amines) is 1. The van der Waals surface area contributed by atoms with E-state index in [1.165, 1.54) is 23.9 Å². The first kappa shape index (κ1) is 38.5. The van der Waals surface area contributed by atoms with Gasteiger partial charge in [0.25, 0.3) is 17.0 Å². The van der Waals surface area contributed by atoms with Crippen molar-refractivity contribution in [3.63, 3.8) is 0 Å². The summed E-state index contributed by atoms with van der Waals surface area (Å²) in [5, 5.41) is 1.38. The summed E-state index contributed by atoms with van der Waals surface area (Å²) >= 11 is 0. The number of nitrogens with one attached hydrogen (secondary N) is 1. The number of carbonyl (C=O) groups excluding carboxylic acids is 1. The van der Waals surface area contributed by atoms with Gasteiger partial charge in [-0.15, -0.1) is 0 Å². The highest BCUT2D eigenvalue weighted by Crippen LogP contribution is 2.38. The van der Waals surface area contributed by atoms with E-state index in [0.29, 0.717) is 48.6 Å². The molecule has 0 unspecified atom stereocenters. The Hall–Kier alpha value is -5.77. The molecule has 0 saturated carbocycles. The third-order valence-corrected chi connectivity index (χ3v) is 10.7. The highest BCUT2D eigenvalue weighted by atomic mass is 16.5. The smallest absolute Gasteiger partial charge is 0.333 e. The molecule has 294 valence electrons. The fourth-order valence-electron chi connectivity index (χ4n) is 7.61. The molecule has 1 N–H and O–H groups in total. The summed E-state index contributed by atoms with van der Waals surface area (Å²) in [6.45, 7) is 6.84. The maximum absolute atomic E-state index is 13.5. The fourth-order valence-corrected chi connectivity index (χ4v) is 7.61. The minimum atomic E-state index is -0.615. The Morgan fingerprint density at radius 1 is 0.839 bits per heavy atom. The first-order valence-electron chi connectivity index (χ1n) is 18.7. The van der Waals surface area contributed by atoms with Crippen LogP contribution in [0.4, 0.5) is 0 Å². The number of aromatic nitrogens is 4. The summed E-state index contributed by atoms with van der Waals surface area (Å²) in [4.78, 5) is 63.3. The van der Waals surface area contributed by atoms with Gasteiger partial charge in [0.1, 0.15) is 17.2 Å². The number of hydrogen-bond donors (Lipinski definition) is 1. The van der Waals surface area contributed by atoms with Gasteiger partial charge in [0.15, 0.2) is 0 Å². The summed E-state index contributed by atoms with van der Waals surface area (Å²) in [5.41, 5.74) is 2.36. The average molecular weight is 766 g/mol. The maximum atomic E-state index is 13.5. The maximum Gasteiger partial charge on any atom is 0.333 e. The molecule has 2 aliphatic heterocycles. The molecule has 0 radical (unpaired) electrons. The van der Waals surface area contributed by atoms with Gasteiger partial charge >= 0.3 is 5.69 Å². The second-order valence-electron chi connectivity index (χ2n) is 14.1. The van der Waals surface area contributed by atoms with Crippen LogP contribution in [0.1, 0.15) is 28.8 Å². The molecule has 1 amide bonds. The second kappa shape index (κ2) is 16.9. The predicted molar refractivity (Wildman–Crippen MR) is 211 cm³/mol. The van der Waals surface area contributed by atoms with Crippen molar-refractivity contribution < 1.29 is 23.7 Å². The van der Waals surface area contributed by atoms with E-state index in [1.807, 2.05) is 29.3 Å². The first-order chi connectivity index (χ1) is 27.2. The summed E-state index contributed by atoms with van der Waals surface area (Å²) in [6, 6.07) is 12.1. The van der Waals surface area contributed by atoms with Crippen molar-refractivity contribution in [2.24, 2.45) is 7.05 Å². The number of nitrogens with zero attached hydrogens (tertiary/aromatic N) is 6. The lowest BCUT2D eigenvalue weighted by Crippen LogP contribution is -2.47. The van der Waals surface area contributed by atoms with Crippen LogP contribution in [-0.2, 0) is 18.3 Å². The number of carbonyl (C=O) groups is 1. The molecule has 3 aromatic heterocycles. The molecule has 0 atom stereocenters. The van der Waals surface area contributed by atoms with E-state index in [1.54, 1.807) is 56.4 Å². The summed E-state index contributed by atoms with van der Waals surface area (Å²) < 4.78 is 26.4. The Kier molecular flexibility index (Phi) is 11.6. The van der Waals surface area contributed by atoms with Gasteiger partial charge in [0, 0.05) is 101 Å². The Bertz CT molecular complexity index is 2370. The molecule has 2 fully saturated rings. The van der Waals surface area contributed by atoms with Crippen LogP contribution in [0.25, 0.3) is 27.6 Å². The number of aryl methyl sites for hydroxylation is 1. The number of amides is 1. The number of methoxy groups -OCH3 is 3. The molecular weight excluding hydrogens is 718 g/mol. The molecule has 2 saturated heterocycles. The third-order valence-electron chi connectivity index (χ3n) is 10.7. The molecule has 2 aromatic carbocycles. The summed E-state index contributed by atoms with van der Waals surface area (Å²) in [7, 11) is 6.57. The molecule has 0 aliphatic carbocycles. The number of aromatic amines is 1. The Morgan fingerprint density at radius 2 is 1.54 bits per heavy atom. The average Bonchev–Trinajstić information content (AvgIpc) is 3.22. The van der Waals surface area contributed by atoms with E-state index >= 15 is 0 Å². The van der Waals surface area contributed by atoms with E-state index in [0.717, 1.165) is 79.1 Å². The lowest BCUT2D eigenvalue weighted by Gasteiger charge is -2.36. The van der Waals surface area contributed by atoms with Crippen LogP contribution in [0.2, 0.25) is 0 Å². The number of fused-ring (bicyclic) bond motifs is 1. The Morgan fingerprint density at radius 3 is 2.21 bits per heavy atom. The number of piperazine rings is 1. The zero-order chi connectivity index (χ0) is 39.3. The lowest BCUT2D eigenvalue weighted by molar-refractivity contribution is -0.00464. The standard InChI is InChI=1S/C41H47N7O8/c1-44-25-32(30-7-11-42-24-31(30)40(44)51)28-22-36(54-3)33(37(23-28)55-4)26-46-17-15-45(16-18-46)19-20-56-29-8-12-47(13-9-29)39(50)27-5-6-35(53-2)34(21-27)48-14-10-38(49)43-41(48)52/h5-7,10-11,14,21-25,29H,8-9,12-13,15-20,26H2,1-4H3,(H,43,49,52). The van der Waals surface area contributed by atoms with Crippen molar-refractivity contribution in [3.8, 4) is 34.1 Å². The van der Waals surface area contributed by atoms with Gasteiger partial charge in [-0.25, -0.2) is 4.79 Å². The van der Waals surface area contributed by atoms with Crippen LogP contribution in [0.3, 0.4) is 0 Å². The van der Waals surface area contributed by atoms with E-state index in [4.69, 9.17) is 18.9 Å². The van der Waals surface area contributed by atoms with Crippen LogP contribution < -0.4 is 31.0 Å². The summed E-state index contributed by atoms with van der Waals surface area (Å²) in [6.07, 6.45) is 8.06. The number of ether oxygens (including phenoxy) is 4. The van der Waals surface area contributed by atoms with Crippen molar-refractivity contribution in [1.82, 2.24) is 33.8 Å². The molecule has 5 heterocycles. The number of benzene rings is 2. The van der Waals surface area contributed by atoms with E-state index < -0.39 is 11.2 Å². The number of piperidine rings is 1.